The lowest BCUT2D eigenvalue weighted by molar-refractivity contribution is -0.190. The van der Waals surface area contributed by atoms with Crippen LogP contribution in [0.3, 0.4) is 0 Å². The molecule has 1 saturated carbocycles. The zero-order chi connectivity index (χ0) is 19.4. The molecule has 2 unspecified atom stereocenters. The van der Waals surface area contributed by atoms with Gasteiger partial charge in [-0.25, -0.2) is 0 Å². The van der Waals surface area contributed by atoms with E-state index in [0.29, 0.717) is 6.61 Å². The molecule has 0 aromatic heterocycles. The number of aliphatic hydroxyl groups excluding tert-OH is 1. The van der Waals surface area contributed by atoms with Crippen molar-refractivity contribution in [2.45, 2.75) is 82.5 Å². The van der Waals surface area contributed by atoms with Crippen molar-refractivity contribution >= 4 is 0 Å². The standard InChI is InChI=1S/C20H28O7/c1-19(2)24-14-13(21)15-18(27-20(3,4)25-15)16(17(14)26-19)23-10-11-6-8-12(22-5)9-7-11/h6-9,13-18,21H,10H2,1-5H3/t13?,14-,15+,16?,17+,18-. The second kappa shape index (κ2) is 6.69. The van der Waals surface area contributed by atoms with E-state index in [-0.39, 0.29) is 0 Å². The molecule has 1 aliphatic carbocycles. The normalized spacial score (nSPS) is 39.0. The Balaban J connectivity index is 1.55. The van der Waals surface area contributed by atoms with Crippen LogP contribution >= 0.6 is 0 Å². The molecule has 0 spiro atoms. The summed E-state index contributed by atoms with van der Waals surface area (Å²) < 4.78 is 35.5. The average molecular weight is 380 g/mol. The monoisotopic (exact) mass is 380 g/mol. The maximum atomic E-state index is 10.8. The molecule has 2 saturated heterocycles. The van der Waals surface area contributed by atoms with Crippen LogP contribution in [-0.4, -0.2) is 60.4 Å². The van der Waals surface area contributed by atoms with Crippen LogP contribution in [0.1, 0.15) is 33.3 Å². The summed E-state index contributed by atoms with van der Waals surface area (Å²) in [6.45, 7) is 7.71. The fourth-order valence-electron chi connectivity index (χ4n) is 4.15. The van der Waals surface area contributed by atoms with Crippen molar-refractivity contribution in [3.63, 3.8) is 0 Å². The molecule has 0 amide bonds. The van der Waals surface area contributed by atoms with Crippen LogP contribution < -0.4 is 4.74 Å². The van der Waals surface area contributed by atoms with E-state index in [2.05, 4.69) is 0 Å². The molecule has 6 atom stereocenters. The SMILES string of the molecule is COc1ccc(COC2[C@H]3OC(C)(C)O[C@@H]3C(O)[C@@H]3OC(C)(C)O[C@@H]23)cc1. The molecule has 4 rings (SSSR count). The molecule has 0 radical (unpaired) electrons. The van der Waals surface area contributed by atoms with Gasteiger partial charge in [-0.05, 0) is 45.4 Å². The van der Waals surface area contributed by atoms with Crippen LogP contribution in [0.15, 0.2) is 24.3 Å². The summed E-state index contributed by atoms with van der Waals surface area (Å²) in [5, 5.41) is 10.8. The first-order valence-electron chi connectivity index (χ1n) is 9.33. The van der Waals surface area contributed by atoms with Crippen LogP contribution in [0.5, 0.6) is 5.75 Å². The number of benzene rings is 1. The Labute approximate surface area is 159 Å². The number of aliphatic hydroxyl groups is 1. The summed E-state index contributed by atoms with van der Waals surface area (Å²) in [4.78, 5) is 0. The van der Waals surface area contributed by atoms with E-state index < -0.39 is 48.2 Å². The molecule has 2 heterocycles. The number of hydrogen-bond acceptors (Lipinski definition) is 7. The highest BCUT2D eigenvalue weighted by molar-refractivity contribution is 5.26. The number of rotatable bonds is 4. The van der Waals surface area contributed by atoms with E-state index in [1.54, 1.807) is 7.11 Å². The van der Waals surface area contributed by atoms with Gasteiger partial charge in [0.05, 0.1) is 13.7 Å². The molecule has 7 heteroatoms. The lowest BCUT2D eigenvalue weighted by atomic mass is 9.85. The minimum atomic E-state index is -0.843. The van der Waals surface area contributed by atoms with Gasteiger partial charge in [0.2, 0.25) is 0 Å². The first-order chi connectivity index (χ1) is 12.7. The van der Waals surface area contributed by atoms with Crippen LogP contribution in [0, 0.1) is 0 Å². The molecule has 27 heavy (non-hydrogen) atoms. The topological polar surface area (TPSA) is 75.6 Å². The smallest absolute Gasteiger partial charge is 0.164 e. The van der Waals surface area contributed by atoms with E-state index in [9.17, 15) is 5.11 Å². The van der Waals surface area contributed by atoms with Gasteiger partial charge in [0, 0.05) is 0 Å². The van der Waals surface area contributed by atoms with Crippen molar-refractivity contribution in [3.05, 3.63) is 29.8 Å². The molecular formula is C20H28O7. The van der Waals surface area contributed by atoms with E-state index in [1.807, 2.05) is 52.0 Å². The minimum Gasteiger partial charge on any atom is -0.497 e. The van der Waals surface area contributed by atoms with Gasteiger partial charge in [-0.15, -0.1) is 0 Å². The third kappa shape index (κ3) is 3.60. The highest BCUT2D eigenvalue weighted by Gasteiger charge is 2.63. The predicted molar refractivity (Wildman–Crippen MR) is 95.2 cm³/mol. The van der Waals surface area contributed by atoms with Crippen molar-refractivity contribution in [1.82, 2.24) is 0 Å². The molecule has 150 valence electrons. The lowest BCUT2D eigenvalue weighted by Gasteiger charge is -2.40. The highest BCUT2D eigenvalue weighted by Crippen LogP contribution is 2.45. The van der Waals surface area contributed by atoms with Crippen molar-refractivity contribution in [1.29, 1.82) is 0 Å². The second-order valence-corrected chi connectivity index (χ2v) is 8.24. The highest BCUT2D eigenvalue weighted by atomic mass is 16.8. The summed E-state index contributed by atoms with van der Waals surface area (Å²) in [5.41, 5.74) is 1.01. The Morgan fingerprint density at radius 3 is 1.81 bits per heavy atom. The Morgan fingerprint density at radius 1 is 0.852 bits per heavy atom. The maximum absolute atomic E-state index is 10.8. The first-order valence-corrected chi connectivity index (χ1v) is 9.33. The molecule has 3 fully saturated rings. The first kappa shape index (κ1) is 19.1. The quantitative estimate of drug-likeness (QED) is 0.856. The van der Waals surface area contributed by atoms with Crippen molar-refractivity contribution in [3.8, 4) is 5.75 Å². The third-order valence-electron chi connectivity index (χ3n) is 5.25. The van der Waals surface area contributed by atoms with Gasteiger partial charge in [-0.3, -0.25) is 0 Å². The van der Waals surface area contributed by atoms with Crippen LogP contribution in [0.2, 0.25) is 0 Å². The van der Waals surface area contributed by atoms with Gasteiger partial charge in [-0.2, -0.15) is 0 Å². The number of hydrogen-bond donors (Lipinski definition) is 1. The summed E-state index contributed by atoms with van der Waals surface area (Å²) in [5.74, 6) is -0.804. The fraction of sp³-hybridized carbons (Fsp3) is 0.700. The second-order valence-electron chi connectivity index (χ2n) is 8.24. The van der Waals surface area contributed by atoms with Crippen molar-refractivity contribution in [2.75, 3.05) is 7.11 Å². The zero-order valence-electron chi connectivity index (χ0n) is 16.4. The van der Waals surface area contributed by atoms with E-state index in [4.69, 9.17) is 28.4 Å². The molecular weight excluding hydrogens is 352 g/mol. The van der Waals surface area contributed by atoms with E-state index in [0.717, 1.165) is 11.3 Å². The van der Waals surface area contributed by atoms with Gasteiger partial charge in [0.15, 0.2) is 11.6 Å². The Kier molecular flexibility index (Phi) is 4.73. The van der Waals surface area contributed by atoms with Crippen LogP contribution in [-0.2, 0) is 30.3 Å². The fourth-order valence-corrected chi connectivity index (χ4v) is 4.15. The number of ether oxygens (including phenoxy) is 6. The Bertz CT molecular complexity index is 639. The molecule has 3 aliphatic rings. The van der Waals surface area contributed by atoms with E-state index >= 15 is 0 Å². The maximum Gasteiger partial charge on any atom is 0.164 e. The predicted octanol–water partition coefficient (Wildman–Crippen LogP) is 2.00. The number of methoxy groups -OCH3 is 1. The van der Waals surface area contributed by atoms with Gasteiger partial charge in [0.1, 0.15) is 42.4 Å². The Hall–Kier alpha value is -1.22. The molecule has 1 aromatic carbocycles. The average Bonchev–Trinajstić information content (AvgIpc) is 3.11. The van der Waals surface area contributed by atoms with Crippen molar-refractivity contribution < 1.29 is 33.5 Å². The molecule has 1 N–H and O–H groups in total. The van der Waals surface area contributed by atoms with Gasteiger partial charge >= 0.3 is 0 Å². The van der Waals surface area contributed by atoms with E-state index in [1.165, 1.54) is 0 Å². The van der Waals surface area contributed by atoms with Crippen molar-refractivity contribution in [2.24, 2.45) is 0 Å². The van der Waals surface area contributed by atoms with Crippen LogP contribution in [0.25, 0.3) is 0 Å². The molecule has 2 aliphatic heterocycles. The minimum absolute atomic E-state index is 0.380. The largest absolute Gasteiger partial charge is 0.497 e. The lowest BCUT2D eigenvalue weighted by Crippen LogP contribution is -2.62. The molecule has 1 aromatic rings. The zero-order valence-corrected chi connectivity index (χ0v) is 16.4. The van der Waals surface area contributed by atoms with Gasteiger partial charge in [0.25, 0.3) is 0 Å². The summed E-state index contributed by atoms with van der Waals surface area (Å²) in [6, 6.07) is 7.70. The Morgan fingerprint density at radius 2 is 1.33 bits per heavy atom. The number of fused-ring (bicyclic) bond motifs is 2. The summed E-state index contributed by atoms with van der Waals surface area (Å²) >= 11 is 0. The summed E-state index contributed by atoms with van der Waals surface area (Å²) in [7, 11) is 1.64. The van der Waals surface area contributed by atoms with Gasteiger partial charge in [-0.1, -0.05) is 12.1 Å². The third-order valence-corrected chi connectivity index (χ3v) is 5.25. The summed E-state index contributed by atoms with van der Waals surface area (Å²) in [6.07, 6.45) is -3.20. The molecule has 7 nitrogen and oxygen atoms in total. The molecule has 0 bridgehead atoms. The van der Waals surface area contributed by atoms with Gasteiger partial charge < -0.3 is 33.5 Å². The van der Waals surface area contributed by atoms with Crippen LogP contribution in [0.4, 0.5) is 0 Å².